The molecule has 5 heteroatoms. The molecule has 0 spiro atoms. The van der Waals surface area contributed by atoms with Crippen molar-refractivity contribution in [1.82, 2.24) is 10.2 Å². The van der Waals surface area contributed by atoms with E-state index in [1.165, 1.54) is 36.1 Å². The summed E-state index contributed by atoms with van der Waals surface area (Å²) in [7, 11) is 0. The van der Waals surface area contributed by atoms with Crippen LogP contribution in [0.15, 0.2) is 24.3 Å². The minimum absolute atomic E-state index is 0.0729. The van der Waals surface area contributed by atoms with Gasteiger partial charge >= 0.3 is 0 Å². The van der Waals surface area contributed by atoms with Gasteiger partial charge in [-0.05, 0) is 50.2 Å². The van der Waals surface area contributed by atoms with E-state index in [9.17, 15) is 14.0 Å². The van der Waals surface area contributed by atoms with Crippen LogP contribution in [0.1, 0.15) is 30.1 Å². The molecule has 0 unspecified atom stereocenters. The number of nitrogens with zero attached hydrogens (tertiary/aromatic N) is 1. The summed E-state index contributed by atoms with van der Waals surface area (Å²) < 4.78 is 12.9. The molecule has 4 nitrogen and oxygen atoms in total. The van der Waals surface area contributed by atoms with Crippen LogP contribution in [0.3, 0.4) is 0 Å². The Labute approximate surface area is 111 Å². The molecule has 0 atom stereocenters. The third-order valence-electron chi connectivity index (χ3n) is 3.32. The van der Waals surface area contributed by atoms with Gasteiger partial charge in [-0.25, -0.2) is 4.39 Å². The van der Waals surface area contributed by atoms with Gasteiger partial charge in [-0.3, -0.25) is 14.5 Å². The van der Waals surface area contributed by atoms with E-state index in [4.69, 9.17) is 0 Å². The Balaban J connectivity index is 2.20. The molecule has 19 heavy (non-hydrogen) atoms. The number of amides is 2. The summed E-state index contributed by atoms with van der Waals surface area (Å²) in [4.78, 5) is 25.4. The number of imide groups is 1. The number of hydrogen-bond donors (Lipinski definition) is 1. The van der Waals surface area contributed by atoms with Crippen molar-refractivity contribution in [3.05, 3.63) is 35.6 Å². The second-order valence-electron chi connectivity index (χ2n) is 4.68. The zero-order valence-electron chi connectivity index (χ0n) is 10.9. The van der Waals surface area contributed by atoms with Crippen molar-refractivity contribution < 1.29 is 14.0 Å². The van der Waals surface area contributed by atoms with Crippen LogP contribution in [0, 0.1) is 5.82 Å². The van der Waals surface area contributed by atoms with E-state index in [1.54, 1.807) is 0 Å². The zero-order valence-corrected chi connectivity index (χ0v) is 10.9. The number of benzene rings is 1. The largest absolute Gasteiger partial charge is 0.317 e. The van der Waals surface area contributed by atoms with E-state index in [2.05, 4.69) is 5.32 Å². The monoisotopic (exact) mass is 264 g/mol. The molecule has 1 saturated heterocycles. The Morgan fingerprint density at radius 1 is 1.21 bits per heavy atom. The summed E-state index contributed by atoms with van der Waals surface area (Å²) in [6.45, 7) is 2.99. The predicted octanol–water partition coefficient (Wildman–Crippen LogP) is 1.57. The highest BCUT2D eigenvalue weighted by molar-refractivity contribution is 6.04. The van der Waals surface area contributed by atoms with Crippen LogP contribution in [0.25, 0.3) is 0 Å². The van der Waals surface area contributed by atoms with Crippen molar-refractivity contribution in [2.45, 2.75) is 25.8 Å². The second-order valence-corrected chi connectivity index (χ2v) is 4.68. The molecule has 1 N–H and O–H groups in total. The fraction of sp³-hybridized carbons (Fsp3) is 0.429. The van der Waals surface area contributed by atoms with Crippen LogP contribution in [0.4, 0.5) is 4.39 Å². The Morgan fingerprint density at radius 3 is 2.32 bits per heavy atom. The smallest absolute Gasteiger partial charge is 0.260 e. The van der Waals surface area contributed by atoms with Gasteiger partial charge in [0.15, 0.2) is 0 Å². The lowest BCUT2D eigenvalue weighted by molar-refractivity contribution is -0.128. The maximum Gasteiger partial charge on any atom is 0.260 e. The highest BCUT2D eigenvalue weighted by atomic mass is 19.1. The van der Waals surface area contributed by atoms with Gasteiger partial charge in [0.2, 0.25) is 5.91 Å². The summed E-state index contributed by atoms with van der Waals surface area (Å²) in [6.07, 6.45) is 1.51. The maximum atomic E-state index is 12.9. The topological polar surface area (TPSA) is 49.4 Å². The molecule has 102 valence electrons. The predicted molar refractivity (Wildman–Crippen MR) is 69.1 cm³/mol. The summed E-state index contributed by atoms with van der Waals surface area (Å²) in [6, 6.07) is 5.21. The van der Waals surface area contributed by atoms with Crippen molar-refractivity contribution in [2.75, 3.05) is 13.1 Å². The van der Waals surface area contributed by atoms with Crippen LogP contribution in [-0.4, -0.2) is 35.8 Å². The molecule has 1 heterocycles. The average Bonchev–Trinajstić information content (AvgIpc) is 2.40. The summed E-state index contributed by atoms with van der Waals surface area (Å²) in [5.74, 6) is -1.01. The molecule has 1 aromatic carbocycles. The van der Waals surface area contributed by atoms with Gasteiger partial charge in [0.05, 0.1) is 0 Å². The number of piperidine rings is 1. The maximum absolute atomic E-state index is 12.9. The molecule has 1 aliphatic heterocycles. The number of hydrogen-bond acceptors (Lipinski definition) is 3. The first-order chi connectivity index (χ1) is 9.09. The molecule has 2 rings (SSSR count). The average molecular weight is 264 g/mol. The van der Waals surface area contributed by atoms with E-state index in [1.807, 2.05) is 0 Å². The summed E-state index contributed by atoms with van der Waals surface area (Å²) in [5, 5.41) is 3.20. The van der Waals surface area contributed by atoms with E-state index in [0.29, 0.717) is 5.56 Å². The molecule has 0 aliphatic carbocycles. The highest BCUT2D eigenvalue weighted by Crippen LogP contribution is 2.16. The first-order valence-corrected chi connectivity index (χ1v) is 6.40. The van der Waals surface area contributed by atoms with E-state index >= 15 is 0 Å². The molecule has 0 bridgehead atoms. The quantitative estimate of drug-likeness (QED) is 0.882. The minimum atomic E-state index is -0.396. The van der Waals surface area contributed by atoms with Crippen LogP contribution in [-0.2, 0) is 4.79 Å². The van der Waals surface area contributed by atoms with Crippen molar-refractivity contribution >= 4 is 11.8 Å². The SMILES string of the molecule is CC(=O)N(C(=O)c1ccc(F)cc1)C1CCNCC1. The molecule has 1 fully saturated rings. The first-order valence-electron chi connectivity index (χ1n) is 6.40. The van der Waals surface area contributed by atoms with Crippen LogP contribution >= 0.6 is 0 Å². The van der Waals surface area contributed by atoms with Gasteiger partial charge in [-0.15, -0.1) is 0 Å². The van der Waals surface area contributed by atoms with Crippen molar-refractivity contribution in [1.29, 1.82) is 0 Å². The molecule has 0 aromatic heterocycles. The number of nitrogens with one attached hydrogen (secondary N) is 1. The van der Waals surface area contributed by atoms with Gasteiger partial charge in [-0.1, -0.05) is 0 Å². The Bertz CT molecular complexity index is 467. The van der Waals surface area contributed by atoms with Gasteiger partial charge in [0.1, 0.15) is 5.82 Å². The molecule has 1 aromatic rings. The van der Waals surface area contributed by atoms with Crippen molar-refractivity contribution in [3.8, 4) is 0 Å². The number of rotatable bonds is 2. The minimum Gasteiger partial charge on any atom is -0.317 e. The lowest BCUT2D eigenvalue weighted by Gasteiger charge is -2.32. The van der Waals surface area contributed by atoms with Gasteiger partial charge < -0.3 is 5.32 Å². The molecular formula is C14H17FN2O2. The van der Waals surface area contributed by atoms with Gasteiger partial charge in [-0.2, -0.15) is 0 Å². The van der Waals surface area contributed by atoms with E-state index in [0.717, 1.165) is 25.9 Å². The third kappa shape index (κ3) is 3.17. The molecule has 0 saturated carbocycles. The highest BCUT2D eigenvalue weighted by Gasteiger charge is 2.29. The third-order valence-corrected chi connectivity index (χ3v) is 3.32. The molecule has 0 radical (unpaired) electrons. The Kier molecular flexibility index (Phi) is 4.27. The summed E-state index contributed by atoms with van der Waals surface area (Å²) in [5.41, 5.74) is 0.343. The number of carbonyl (C=O) groups excluding carboxylic acids is 2. The van der Waals surface area contributed by atoms with Crippen molar-refractivity contribution in [3.63, 3.8) is 0 Å². The Hall–Kier alpha value is -1.75. The van der Waals surface area contributed by atoms with Crippen LogP contribution in [0.2, 0.25) is 0 Å². The first kappa shape index (κ1) is 13.7. The standard InChI is InChI=1S/C14H17FN2O2/c1-10(18)17(13-6-8-16-9-7-13)14(19)11-2-4-12(15)5-3-11/h2-5,13,16H,6-9H2,1H3. The van der Waals surface area contributed by atoms with E-state index < -0.39 is 5.82 Å². The molecular weight excluding hydrogens is 247 g/mol. The second kappa shape index (κ2) is 5.93. The Morgan fingerprint density at radius 2 is 1.79 bits per heavy atom. The summed E-state index contributed by atoms with van der Waals surface area (Å²) >= 11 is 0. The fourth-order valence-electron chi connectivity index (χ4n) is 2.36. The normalized spacial score (nSPS) is 16.1. The van der Waals surface area contributed by atoms with Crippen LogP contribution < -0.4 is 5.32 Å². The fourth-order valence-corrected chi connectivity index (χ4v) is 2.36. The zero-order chi connectivity index (χ0) is 13.8. The van der Waals surface area contributed by atoms with Crippen LogP contribution in [0.5, 0.6) is 0 Å². The molecule has 1 aliphatic rings. The van der Waals surface area contributed by atoms with Gasteiger partial charge in [0, 0.05) is 18.5 Å². The lowest BCUT2D eigenvalue weighted by Crippen LogP contribution is -2.48. The van der Waals surface area contributed by atoms with Gasteiger partial charge in [0.25, 0.3) is 5.91 Å². The lowest BCUT2D eigenvalue weighted by atomic mass is 10.0. The number of carbonyl (C=O) groups is 2. The number of halogens is 1. The molecule has 2 amide bonds. The van der Waals surface area contributed by atoms with Crippen molar-refractivity contribution in [2.24, 2.45) is 0 Å². The van der Waals surface area contributed by atoms with E-state index in [-0.39, 0.29) is 17.9 Å².